The maximum absolute atomic E-state index is 13.5. The molecule has 0 aliphatic heterocycles. The van der Waals surface area contributed by atoms with E-state index in [1.807, 2.05) is 6.07 Å². The van der Waals surface area contributed by atoms with Gasteiger partial charge in [-0.25, -0.2) is 4.39 Å². The lowest BCUT2D eigenvalue weighted by molar-refractivity contribution is 0.0946. The van der Waals surface area contributed by atoms with Gasteiger partial charge in [0.25, 0.3) is 11.8 Å². The smallest absolute Gasteiger partial charge is 0.270 e. The van der Waals surface area contributed by atoms with E-state index in [1.165, 1.54) is 42.9 Å². The zero-order valence-corrected chi connectivity index (χ0v) is 15.7. The van der Waals surface area contributed by atoms with E-state index in [4.69, 9.17) is 0 Å². The number of nitriles is 1. The highest BCUT2D eigenvalue weighted by molar-refractivity contribution is 6.07. The molecule has 0 radical (unpaired) electrons. The van der Waals surface area contributed by atoms with Gasteiger partial charge in [0.15, 0.2) is 0 Å². The second kappa shape index (κ2) is 8.09. The summed E-state index contributed by atoms with van der Waals surface area (Å²) in [4.78, 5) is 33.0. The van der Waals surface area contributed by atoms with E-state index < -0.39 is 11.7 Å². The van der Waals surface area contributed by atoms with Crippen molar-refractivity contribution in [3.8, 4) is 17.2 Å². The number of carbonyl (C=O) groups excluding carboxylic acids is 2. The van der Waals surface area contributed by atoms with Crippen molar-refractivity contribution in [2.24, 2.45) is 0 Å². The van der Waals surface area contributed by atoms with Gasteiger partial charge in [-0.1, -0.05) is 6.07 Å². The fourth-order valence-corrected chi connectivity index (χ4v) is 2.95. The van der Waals surface area contributed by atoms with Crippen LogP contribution in [-0.2, 0) is 0 Å². The topological polar surface area (TPSA) is 108 Å². The number of hydrogen-bond donors (Lipinski definition) is 2. The van der Waals surface area contributed by atoms with Gasteiger partial charge < -0.3 is 10.6 Å². The van der Waals surface area contributed by atoms with Gasteiger partial charge in [-0.15, -0.1) is 0 Å². The van der Waals surface area contributed by atoms with Crippen molar-refractivity contribution in [3.63, 3.8) is 0 Å². The number of anilines is 1. The fourth-order valence-electron chi connectivity index (χ4n) is 2.95. The zero-order valence-electron chi connectivity index (χ0n) is 15.7. The highest BCUT2D eigenvalue weighted by atomic mass is 19.1. The van der Waals surface area contributed by atoms with Crippen molar-refractivity contribution >= 4 is 17.5 Å². The summed E-state index contributed by atoms with van der Waals surface area (Å²) in [6.45, 7) is 0. The van der Waals surface area contributed by atoms with Crippen LogP contribution in [0.2, 0.25) is 0 Å². The molecule has 2 aromatic heterocycles. The first kappa shape index (κ1) is 19.2. The molecule has 2 amide bonds. The van der Waals surface area contributed by atoms with E-state index in [-0.39, 0.29) is 28.8 Å². The van der Waals surface area contributed by atoms with E-state index in [1.54, 1.807) is 6.07 Å². The fraction of sp³-hybridized carbons (Fsp3) is 0.136. The third kappa shape index (κ3) is 4.15. The highest BCUT2D eigenvalue weighted by Gasteiger charge is 2.24. The van der Waals surface area contributed by atoms with Crippen molar-refractivity contribution in [2.75, 3.05) is 5.32 Å². The van der Waals surface area contributed by atoms with Crippen LogP contribution >= 0.6 is 0 Å². The van der Waals surface area contributed by atoms with Crippen molar-refractivity contribution in [1.82, 2.24) is 15.3 Å². The number of nitrogens with one attached hydrogen (secondary N) is 2. The Morgan fingerprint density at radius 2 is 1.90 bits per heavy atom. The van der Waals surface area contributed by atoms with Crippen LogP contribution in [0.4, 0.5) is 10.1 Å². The molecule has 7 nitrogen and oxygen atoms in total. The molecule has 2 heterocycles. The molecular weight excluding hydrogens is 385 g/mol. The van der Waals surface area contributed by atoms with Crippen LogP contribution < -0.4 is 10.6 Å². The predicted molar refractivity (Wildman–Crippen MR) is 107 cm³/mol. The van der Waals surface area contributed by atoms with Gasteiger partial charge in [-0.05, 0) is 43.2 Å². The van der Waals surface area contributed by atoms with Crippen LogP contribution in [0.1, 0.15) is 39.3 Å². The number of nitrogens with zero attached hydrogens (tertiary/aromatic N) is 3. The van der Waals surface area contributed by atoms with Gasteiger partial charge in [0.1, 0.15) is 11.5 Å². The first-order valence-corrected chi connectivity index (χ1v) is 9.27. The Morgan fingerprint density at radius 1 is 1.07 bits per heavy atom. The summed E-state index contributed by atoms with van der Waals surface area (Å²) in [5, 5.41) is 14.9. The standard InChI is InChI=1S/C22H16FN5O2/c23-15-1-4-17(14(9-15)11-24)18-6-7-25-12-20(18)28-21(29)13-5-8-26-19(10-13)22(30)27-16-2-3-16/h1,4-10,12,16H,2-3H2,(H,27,30)(H,28,29). The molecule has 4 rings (SSSR count). The maximum Gasteiger partial charge on any atom is 0.270 e. The molecule has 148 valence electrons. The van der Waals surface area contributed by atoms with Gasteiger partial charge in [0.05, 0.1) is 23.5 Å². The third-order valence-corrected chi connectivity index (χ3v) is 4.63. The van der Waals surface area contributed by atoms with Gasteiger partial charge in [-0.2, -0.15) is 5.26 Å². The average molecular weight is 401 g/mol. The minimum atomic E-state index is -0.524. The number of amides is 2. The molecule has 0 saturated heterocycles. The predicted octanol–water partition coefficient (Wildman–Crippen LogP) is 3.30. The van der Waals surface area contributed by atoms with Crippen LogP contribution in [0.15, 0.2) is 55.0 Å². The SMILES string of the molecule is N#Cc1cc(F)ccc1-c1ccncc1NC(=O)c1ccnc(C(=O)NC2CC2)c1. The summed E-state index contributed by atoms with van der Waals surface area (Å²) in [5.41, 5.74) is 1.89. The summed E-state index contributed by atoms with van der Waals surface area (Å²) in [7, 11) is 0. The van der Waals surface area contributed by atoms with Crippen molar-refractivity contribution in [3.05, 3.63) is 77.6 Å². The van der Waals surface area contributed by atoms with Gasteiger partial charge in [-0.3, -0.25) is 19.6 Å². The number of halogens is 1. The van der Waals surface area contributed by atoms with E-state index in [0.29, 0.717) is 16.8 Å². The molecule has 1 fully saturated rings. The van der Waals surface area contributed by atoms with E-state index >= 15 is 0 Å². The zero-order chi connectivity index (χ0) is 21.1. The lowest BCUT2D eigenvalue weighted by Gasteiger charge is -2.12. The third-order valence-electron chi connectivity index (χ3n) is 4.63. The summed E-state index contributed by atoms with van der Waals surface area (Å²) < 4.78 is 13.5. The molecule has 1 saturated carbocycles. The Balaban J connectivity index is 1.61. The normalized spacial score (nSPS) is 12.7. The first-order chi connectivity index (χ1) is 14.5. The Kier molecular flexibility index (Phi) is 5.18. The first-order valence-electron chi connectivity index (χ1n) is 9.27. The van der Waals surface area contributed by atoms with Crippen LogP contribution in [0.5, 0.6) is 0 Å². The second-order valence-corrected chi connectivity index (χ2v) is 6.85. The van der Waals surface area contributed by atoms with Crippen LogP contribution in [0.25, 0.3) is 11.1 Å². The number of carbonyl (C=O) groups is 2. The molecule has 0 atom stereocenters. The van der Waals surface area contributed by atoms with Gasteiger partial charge in [0.2, 0.25) is 0 Å². The van der Waals surface area contributed by atoms with Crippen molar-refractivity contribution in [2.45, 2.75) is 18.9 Å². The van der Waals surface area contributed by atoms with Gasteiger partial charge in [0, 0.05) is 35.1 Å². The molecule has 1 aromatic carbocycles. The summed E-state index contributed by atoms with van der Waals surface area (Å²) in [6.07, 6.45) is 6.25. The monoisotopic (exact) mass is 401 g/mol. The van der Waals surface area contributed by atoms with Crippen molar-refractivity contribution in [1.29, 1.82) is 5.26 Å². The number of rotatable bonds is 5. The second-order valence-electron chi connectivity index (χ2n) is 6.85. The number of pyridine rings is 2. The molecule has 1 aliphatic carbocycles. The molecular formula is C22H16FN5O2. The Hall–Kier alpha value is -4.12. The Labute approximate surface area is 171 Å². The summed E-state index contributed by atoms with van der Waals surface area (Å²) >= 11 is 0. The highest BCUT2D eigenvalue weighted by Crippen LogP contribution is 2.30. The minimum Gasteiger partial charge on any atom is -0.348 e. The van der Waals surface area contributed by atoms with Gasteiger partial charge >= 0.3 is 0 Å². The molecule has 2 N–H and O–H groups in total. The number of aromatic nitrogens is 2. The molecule has 30 heavy (non-hydrogen) atoms. The molecule has 1 aliphatic rings. The number of hydrogen-bond acceptors (Lipinski definition) is 5. The van der Waals surface area contributed by atoms with Crippen LogP contribution in [0.3, 0.4) is 0 Å². The Bertz CT molecular complexity index is 1180. The molecule has 0 spiro atoms. The minimum absolute atomic E-state index is 0.139. The molecule has 3 aromatic rings. The largest absolute Gasteiger partial charge is 0.348 e. The Morgan fingerprint density at radius 3 is 2.67 bits per heavy atom. The lowest BCUT2D eigenvalue weighted by Crippen LogP contribution is -2.26. The van der Waals surface area contributed by atoms with E-state index in [2.05, 4.69) is 20.6 Å². The van der Waals surface area contributed by atoms with Crippen LogP contribution in [-0.4, -0.2) is 27.8 Å². The summed E-state index contributed by atoms with van der Waals surface area (Å²) in [5.74, 6) is -1.31. The van der Waals surface area contributed by atoms with Crippen LogP contribution in [0, 0.1) is 17.1 Å². The molecule has 0 unspecified atom stereocenters. The maximum atomic E-state index is 13.5. The van der Waals surface area contributed by atoms with E-state index in [9.17, 15) is 19.2 Å². The molecule has 8 heteroatoms. The summed E-state index contributed by atoms with van der Waals surface area (Å²) in [6, 6.07) is 10.5. The average Bonchev–Trinajstić information content (AvgIpc) is 3.58. The van der Waals surface area contributed by atoms with Crippen molar-refractivity contribution < 1.29 is 14.0 Å². The lowest BCUT2D eigenvalue weighted by atomic mass is 9.99. The number of benzene rings is 1. The quantitative estimate of drug-likeness (QED) is 0.682. The molecule has 0 bridgehead atoms. The van der Waals surface area contributed by atoms with E-state index in [0.717, 1.165) is 18.9 Å².